The molecule has 0 saturated heterocycles. The number of hydrogen-bond donors (Lipinski definition) is 6. The molecular formula is C74H130F10N6O24Si4. The maximum Gasteiger partial charge on any atom is 0.453 e. The van der Waals surface area contributed by atoms with Gasteiger partial charge in [0, 0.05) is 62.7 Å². The molecule has 686 valence electrons. The highest BCUT2D eigenvalue weighted by atomic mass is 28.4. The number of halogens is 10. The largest absolute Gasteiger partial charge is 0.460 e. The number of alkyl carbamates (subject to hydrolysis) is 6. The molecule has 2 aliphatic carbocycles. The quantitative estimate of drug-likeness (QED) is 0.00822. The first kappa shape index (κ1) is 108. The van der Waals surface area contributed by atoms with Gasteiger partial charge in [-0.3, -0.25) is 0 Å². The summed E-state index contributed by atoms with van der Waals surface area (Å²) >= 11 is 0. The number of esters is 2. The van der Waals surface area contributed by atoms with Crippen LogP contribution in [-0.4, -0.2) is 256 Å². The van der Waals surface area contributed by atoms with Gasteiger partial charge in [0.2, 0.25) is 0 Å². The fraction of sp³-hybridized carbons (Fsp3) is 0.838. The molecule has 4 atom stereocenters. The smallest absolute Gasteiger partial charge is 0.453 e. The number of amides is 6. The minimum Gasteiger partial charge on any atom is -0.460 e. The first-order valence-corrected chi connectivity index (χ1v) is 51.9. The lowest BCUT2D eigenvalue weighted by Gasteiger charge is -2.46. The third kappa shape index (κ3) is 46.8. The van der Waals surface area contributed by atoms with Gasteiger partial charge in [-0.15, -0.1) is 0 Å². The molecule has 0 spiro atoms. The van der Waals surface area contributed by atoms with E-state index in [2.05, 4.69) is 116 Å². The van der Waals surface area contributed by atoms with E-state index < -0.39 is 166 Å². The summed E-state index contributed by atoms with van der Waals surface area (Å²) in [5.74, 6) is -6.93. The average Bonchev–Trinajstić information content (AvgIpc) is 0.770. The predicted molar refractivity (Wildman–Crippen MR) is 422 cm³/mol. The van der Waals surface area contributed by atoms with Crippen molar-refractivity contribution in [3.05, 3.63) is 24.3 Å². The standard InChI is InChI=1S/C74H130F10N6O24Si4/c1-54(2)58(91)103-31-24-85-60(93)106-37-33-99-26-19-41-115(11,12)113-117(15,16)43-21-28-101-35-39-108-62(95)87-51-68(9)47-56(45-66(5,6)49-68)89-64(97)105-30-23-70(75,76)72(79,80)112-74(83,84)73(81,82)111-71(77,78)53-110-65(98)90-57-46-67(7,8)50-69(10,48-57)52-88-63(96)109-40-36-102-29-22-44-118(17,18)114-116(13,14)42-20-27-100-34-38-107-61(94)86-25-32-104-59(92)55(3)4/h56-57H,1,3,19-53H2,2,4-18H3,(H,85,93)(H,86,94)(H,87,95)(H,88,96)(H,89,97)(H,90,98). The summed E-state index contributed by atoms with van der Waals surface area (Å²) in [4.78, 5) is 97.4. The minimum atomic E-state index is -6.92. The first-order valence-electron chi connectivity index (χ1n) is 39.4. The molecule has 2 saturated carbocycles. The van der Waals surface area contributed by atoms with Gasteiger partial charge in [-0.2, -0.15) is 43.9 Å². The Morgan fingerprint density at radius 3 is 1.01 bits per heavy atom. The monoisotopic (exact) mass is 1790 g/mol. The van der Waals surface area contributed by atoms with Gasteiger partial charge >= 0.3 is 78.9 Å². The van der Waals surface area contributed by atoms with Crippen LogP contribution in [0.2, 0.25) is 76.6 Å². The van der Waals surface area contributed by atoms with Gasteiger partial charge in [0.15, 0.2) is 39.9 Å². The molecule has 0 bridgehead atoms. The van der Waals surface area contributed by atoms with Gasteiger partial charge in [-0.1, -0.05) is 54.7 Å². The maximum atomic E-state index is 14.8. The fourth-order valence-electron chi connectivity index (χ4n) is 14.2. The number of hydrogen-bond acceptors (Lipinski definition) is 24. The molecular weight excluding hydrogens is 1660 g/mol. The predicted octanol–water partition coefficient (Wildman–Crippen LogP) is 14.7. The molecule has 2 rings (SSSR count). The molecule has 0 heterocycles. The molecule has 0 aromatic heterocycles. The second-order valence-electron chi connectivity index (χ2n) is 34.4. The molecule has 0 aromatic carbocycles. The van der Waals surface area contributed by atoms with Crippen molar-refractivity contribution in [3.8, 4) is 0 Å². The zero-order valence-electron chi connectivity index (χ0n) is 71.4. The van der Waals surface area contributed by atoms with Crippen molar-refractivity contribution in [2.75, 3.05) is 132 Å². The van der Waals surface area contributed by atoms with Gasteiger partial charge in [0.1, 0.15) is 39.6 Å². The van der Waals surface area contributed by atoms with Gasteiger partial charge in [0.05, 0.1) is 52.5 Å². The van der Waals surface area contributed by atoms with Crippen LogP contribution in [0.25, 0.3) is 0 Å². The summed E-state index contributed by atoms with van der Waals surface area (Å²) < 4.78 is 228. The maximum absolute atomic E-state index is 14.8. The van der Waals surface area contributed by atoms with E-state index in [0.717, 1.165) is 37.0 Å². The Morgan fingerprint density at radius 2 is 0.678 bits per heavy atom. The summed E-state index contributed by atoms with van der Waals surface area (Å²) in [5, 5.41) is 14.9. The Hall–Kier alpha value is -6.11. The zero-order valence-corrected chi connectivity index (χ0v) is 75.4. The van der Waals surface area contributed by atoms with Crippen molar-refractivity contribution in [3.63, 3.8) is 0 Å². The first-order chi connectivity index (χ1) is 54.2. The molecule has 44 heteroatoms. The highest BCUT2D eigenvalue weighted by Gasteiger charge is 2.72. The van der Waals surface area contributed by atoms with Crippen LogP contribution in [-0.2, 0) is 84.1 Å². The van der Waals surface area contributed by atoms with Crippen LogP contribution in [0.15, 0.2) is 24.3 Å². The number of carbonyl (C=O) groups is 8. The molecule has 2 aliphatic rings. The molecule has 4 unspecified atom stereocenters. The second kappa shape index (κ2) is 49.2. The van der Waals surface area contributed by atoms with Gasteiger partial charge in [-0.05, 0) is 176 Å². The third-order valence-corrected chi connectivity index (χ3v) is 33.4. The summed E-state index contributed by atoms with van der Waals surface area (Å²) in [6.45, 7) is 36.0. The van der Waals surface area contributed by atoms with E-state index in [0.29, 0.717) is 52.1 Å². The molecule has 0 radical (unpaired) electrons. The Balaban J connectivity index is 1.72. The van der Waals surface area contributed by atoms with E-state index in [1.807, 2.05) is 13.8 Å². The molecule has 30 nitrogen and oxygen atoms in total. The van der Waals surface area contributed by atoms with E-state index in [4.69, 9.17) is 55.6 Å². The normalized spacial score (nSPS) is 18.7. The highest BCUT2D eigenvalue weighted by Crippen LogP contribution is 2.50. The zero-order chi connectivity index (χ0) is 89.7. The summed E-state index contributed by atoms with van der Waals surface area (Å²) in [6, 6.07) is 1.66. The third-order valence-electron chi connectivity index (χ3n) is 18.3. The molecule has 0 aromatic rings. The van der Waals surface area contributed by atoms with Crippen LogP contribution in [0, 0.1) is 21.7 Å². The summed E-state index contributed by atoms with van der Waals surface area (Å²) in [5.41, 5.74) is -2.13. The van der Waals surface area contributed by atoms with Crippen LogP contribution in [0.1, 0.15) is 126 Å². The average molecular weight is 1790 g/mol. The number of carbonyl (C=O) groups excluding carboxylic acids is 8. The van der Waals surface area contributed by atoms with Crippen molar-refractivity contribution >= 4 is 81.8 Å². The Kier molecular flexibility index (Phi) is 45.1. The van der Waals surface area contributed by atoms with Gasteiger partial charge in [-0.25, -0.2) is 47.8 Å². The molecule has 6 N–H and O–H groups in total. The van der Waals surface area contributed by atoms with E-state index in [9.17, 15) is 82.3 Å². The Bertz CT molecular complexity index is 3180. The topological polar surface area (TPSA) is 356 Å². The number of ether oxygens (including phenoxy) is 14. The van der Waals surface area contributed by atoms with Crippen molar-refractivity contribution in [2.45, 2.75) is 245 Å². The van der Waals surface area contributed by atoms with E-state index in [1.165, 1.54) is 13.8 Å². The van der Waals surface area contributed by atoms with Crippen molar-refractivity contribution < 1.29 is 157 Å². The highest BCUT2D eigenvalue weighted by molar-refractivity contribution is 6.85. The summed E-state index contributed by atoms with van der Waals surface area (Å²) in [6.07, 6.45) is -29.6. The summed E-state index contributed by atoms with van der Waals surface area (Å²) in [7, 11) is -8.30. The number of alkyl halides is 10. The van der Waals surface area contributed by atoms with Crippen LogP contribution in [0.3, 0.4) is 0 Å². The molecule has 118 heavy (non-hydrogen) atoms. The Morgan fingerprint density at radius 1 is 0.373 bits per heavy atom. The van der Waals surface area contributed by atoms with Crippen LogP contribution < -0.4 is 31.9 Å². The number of nitrogens with one attached hydrogen (secondary N) is 6. The van der Waals surface area contributed by atoms with Gasteiger partial charge in [0.25, 0.3) is 0 Å². The van der Waals surface area contributed by atoms with Crippen LogP contribution >= 0.6 is 0 Å². The molecule has 2 fully saturated rings. The number of rotatable bonds is 57. The van der Waals surface area contributed by atoms with Crippen LogP contribution in [0.5, 0.6) is 0 Å². The van der Waals surface area contributed by atoms with Gasteiger partial charge < -0.3 is 97.0 Å². The van der Waals surface area contributed by atoms with Crippen molar-refractivity contribution in [2.24, 2.45) is 21.7 Å². The van der Waals surface area contributed by atoms with Crippen molar-refractivity contribution in [1.82, 2.24) is 31.9 Å². The lowest BCUT2D eigenvalue weighted by atomic mass is 9.62. The Labute approximate surface area is 690 Å². The lowest BCUT2D eigenvalue weighted by molar-refractivity contribution is -0.529. The van der Waals surface area contributed by atoms with E-state index in [1.54, 1.807) is 27.7 Å². The molecule has 6 amide bonds. The van der Waals surface area contributed by atoms with Crippen molar-refractivity contribution in [1.29, 1.82) is 0 Å². The van der Waals surface area contributed by atoms with E-state index >= 15 is 0 Å². The molecule has 0 aliphatic heterocycles. The van der Waals surface area contributed by atoms with E-state index in [-0.39, 0.29) is 129 Å². The fourth-order valence-corrected chi connectivity index (χ4v) is 31.8. The van der Waals surface area contributed by atoms with Crippen LogP contribution in [0.4, 0.5) is 72.7 Å². The SMILES string of the molecule is C=C(C)C(=O)OCCNC(=O)OCCOCCC[Si](C)(C)O[Si](C)(C)CCCOCCOC(=O)NCC1(C)CC(NC(=O)OCCC(F)(F)C(F)(F)OC(F)(F)C(F)(F)OC(F)(F)COC(=O)NC2CC(C)(C)CC(C)(CNC(=O)OCCOCCC[Si](C)(C)O[Si](C)(C)CCCOCCOC(=O)NCCOC(=O)C(=C)C)C2)CC(C)(C)C1. The second-order valence-corrected chi connectivity index (χ2v) is 52.1. The minimum absolute atomic E-state index is 0.0151. The lowest BCUT2D eigenvalue weighted by Crippen LogP contribution is -2.56.